The first-order valence-electron chi connectivity index (χ1n) is 6.65. The maximum atomic E-state index is 6.36. The van der Waals surface area contributed by atoms with Crippen LogP contribution in [0.2, 0.25) is 0 Å². The Labute approximate surface area is 115 Å². The minimum atomic E-state index is -0.157. The summed E-state index contributed by atoms with van der Waals surface area (Å²) >= 11 is 0. The van der Waals surface area contributed by atoms with Crippen LogP contribution in [0, 0.1) is 6.92 Å². The first-order valence-corrected chi connectivity index (χ1v) is 6.65. The molecule has 1 atom stereocenters. The lowest BCUT2D eigenvalue weighted by molar-refractivity contribution is 0.239. The van der Waals surface area contributed by atoms with Gasteiger partial charge >= 0.3 is 0 Å². The van der Waals surface area contributed by atoms with Crippen LogP contribution < -0.4 is 10.5 Å². The Kier molecular flexibility index (Phi) is 4.23. The summed E-state index contributed by atoms with van der Waals surface area (Å²) in [7, 11) is 0. The van der Waals surface area contributed by atoms with Crippen molar-refractivity contribution in [3.8, 4) is 5.75 Å². The van der Waals surface area contributed by atoms with Gasteiger partial charge in [-0.2, -0.15) is 0 Å². The Hall–Kier alpha value is -1.80. The van der Waals surface area contributed by atoms with E-state index < -0.39 is 0 Å². The van der Waals surface area contributed by atoms with Gasteiger partial charge in [0, 0.05) is 5.56 Å². The number of rotatable bonds is 4. The third-order valence-corrected chi connectivity index (χ3v) is 3.03. The molecule has 100 valence electrons. The third-order valence-electron chi connectivity index (χ3n) is 3.03. The first kappa shape index (κ1) is 13.6. The molecule has 0 aromatic heterocycles. The fourth-order valence-corrected chi connectivity index (χ4v) is 2.09. The Morgan fingerprint density at radius 1 is 1.00 bits per heavy atom. The molecular formula is C17H21NO. The van der Waals surface area contributed by atoms with Crippen molar-refractivity contribution in [1.82, 2.24) is 0 Å². The van der Waals surface area contributed by atoms with E-state index >= 15 is 0 Å². The standard InChI is InChI=1S/C17H21NO/c1-12(2)19-16-11-13(3)9-10-15(16)17(18)14-7-5-4-6-8-14/h4-12,17H,18H2,1-3H3. The summed E-state index contributed by atoms with van der Waals surface area (Å²) in [6.07, 6.45) is 0.142. The summed E-state index contributed by atoms with van der Waals surface area (Å²) in [4.78, 5) is 0. The van der Waals surface area contributed by atoms with Crippen LogP contribution >= 0.6 is 0 Å². The van der Waals surface area contributed by atoms with Crippen molar-refractivity contribution in [1.29, 1.82) is 0 Å². The maximum absolute atomic E-state index is 6.36. The van der Waals surface area contributed by atoms with Gasteiger partial charge in [-0.3, -0.25) is 0 Å². The topological polar surface area (TPSA) is 35.2 Å². The lowest BCUT2D eigenvalue weighted by Crippen LogP contribution is -2.15. The Morgan fingerprint density at radius 2 is 1.68 bits per heavy atom. The predicted octanol–water partition coefficient (Wildman–Crippen LogP) is 3.83. The number of aryl methyl sites for hydroxylation is 1. The lowest BCUT2D eigenvalue weighted by atomic mass is 9.97. The van der Waals surface area contributed by atoms with Gasteiger partial charge < -0.3 is 10.5 Å². The molecule has 0 spiro atoms. The molecule has 0 radical (unpaired) electrons. The van der Waals surface area contributed by atoms with Crippen molar-refractivity contribution in [2.45, 2.75) is 32.9 Å². The summed E-state index contributed by atoms with van der Waals surface area (Å²) in [5.74, 6) is 0.881. The lowest BCUT2D eigenvalue weighted by Gasteiger charge is -2.19. The van der Waals surface area contributed by atoms with Gasteiger partial charge in [0.05, 0.1) is 12.1 Å². The second kappa shape index (κ2) is 5.89. The maximum Gasteiger partial charge on any atom is 0.125 e. The van der Waals surface area contributed by atoms with Crippen LogP contribution in [-0.4, -0.2) is 6.10 Å². The molecule has 0 aliphatic heterocycles. The quantitative estimate of drug-likeness (QED) is 0.901. The molecule has 0 fully saturated rings. The van der Waals surface area contributed by atoms with Crippen molar-refractivity contribution in [3.63, 3.8) is 0 Å². The summed E-state index contributed by atoms with van der Waals surface area (Å²) < 4.78 is 5.89. The molecular weight excluding hydrogens is 234 g/mol. The Morgan fingerprint density at radius 3 is 2.32 bits per heavy atom. The molecule has 2 aromatic carbocycles. The molecule has 2 aromatic rings. The molecule has 19 heavy (non-hydrogen) atoms. The Balaban J connectivity index is 2.38. The van der Waals surface area contributed by atoms with E-state index in [-0.39, 0.29) is 12.1 Å². The van der Waals surface area contributed by atoms with E-state index in [1.54, 1.807) is 0 Å². The van der Waals surface area contributed by atoms with Gasteiger partial charge in [0.1, 0.15) is 5.75 Å². The highest BCUT2D eigenvalue weighted by Crippen LogP contribution is 2.30. The van der Waals surface area contributed by atoms with E-state index in [0.29, 0.717) is 0 Å². The van der Waals surface area contributed by atoms with Crippen molar-refractivity contribution in [2.24, 2.45) is 5.73 Å². The highest BCUT2D eigenvalue weighted by molar-refractivity contribution is 5.43. The average Bonchev–Trinajstić information content (AvgIpc) is 2.38. The van der Waals surface area contributed by atoms with Crippen LogP contribution in [0.5, 0.6) is 5.75 Å². The van der Waals surface area contributed by atoms with Gasteiger partial charge in [-0.05, 0) is 38.0 Å². The number of ether oxygens (including phenoxy) is 1. The molecule has 2 nitrogen and oxygen atoms in total. The smallest absolute Gasteiger partial charge is 0.125 e. The van der Waals surface area contributed by atoms with E-state index in [1.165, 1.54) is 5.56 Å². The zero-order chi connectivity index (χ0) is 13.8. The average molecular weight is 255 g/mol. The van der Waals surface area contributed by atoms with E-state index in [2.05, 4.69) is 25.1 Å². The van der Waals surface area contributed by atoms with Crippen molar-refractivity contribution < 1.29 is 4.74 Å². The normalized spacial score (nSPS) is 12.5. The van der Waals surface area contributed by atoms with Crippen LogP contribution in [0.1, 0.15) is 36.6 Å². The minimum absolute atomic E-state index is 0.142. The van der Waals surface area contributed by atoms with Crippen LogP contribution in [-0.2, 0) is 0 Å². The van der Waals surface area contributed by atoms with Gasteiger partial charge in [0.25, 0.3) is 0 Å². The first-order chi connectivity index (χ1) is 9.08. The molecule has 0 saturated heterocycles. The summed E-state index contributed by atoms with van der Waals surface area (Å²) in [5.41, 5.74) is 9.67. The van der Waals surface area contributed by atoms with Crippen molar-refractivity contribution in [2.75, 3.05) is 0 Å². The minimum Gasteiger partial charge on any atom is -0.491 e. The van der Waals surface area contributed by atoms with Gasteiger partial charge in [0.2, 0.25) is 0 Å². The zero-order valence-electron chi connectivity index (χ0n) is 11.8. The summed E-state index contributed by atoms with van der Waals surface area (Å²) in [6, 6.07) is 16.1. The SMILES string of the molecule is Cc1ccc(C(N)c2ccccc2)c(OC(C)C)c1. The molecule has 2 rings (SSSR count). The van der Waals surface area contributed by atoms with Gasteiger partial charge in [-0.25, -0.2) is 0 Å². The zero-order valence-corrected chi connectivity index (χ0v) is 11.8. The number of nitrogens with two attached hydrogens (primary N) is 1. The number of hydrogen-bond acceptors (Lipinski definition) is 2. The van der Waals surface area contributed by atoms with E-state index in [9.17, 15) is 0 Å². The van der Waals surface area contributed by atoms with Crippen LogP contribution in [0.15, 0.2) is 48.5 Å². The van der Waals surface area contributed by atoms with Gasteiger partial charge in [-0.15, -0.1) is 0 Å². The van der Waals surface area contributed by atoms with Crippen LogP contribution in [0.4, 0.5) is 0 Å². The second-order valence-corrected chi connectivity index (χ2v) is 5.10. The number of benzene rings is 2. The molecule has 0 heterocycles. The Bertz CT molecular complexity index is 534. The largest absolute Gasteiger partial charge is 0.491 e. The van der Waals surface area contributed by atoms with E-state index in [1.807, 2.05) is 44.2 Å². The fraction of sp³-hybridized carbons (Fsp3) is 0.294. The molecule has 0 aliphatic rings. The van der Waals surface area contributed by atoms with Crippen molar-refractivity contribution in [3.05, 3.63) is 65.2 Å². The van der Waals surface area contributed by atoms with Crippen molar-refractivity contribution >= 4 is 0 Å². The van der Waals surface area contributed by atoms with E-state index in [0.717, 1.165) is 16.9 Å². The number of hydrogen-bond donors (Lipinski definition) is 1. The van der Waals surface area contributed by atoms with Crippen LogP contribution in [0.25, 0.3) is 0 Å². The molecule has 1 unspecified atom stereocenters. The molecule has 0 saturated carbocycles. The van der Waals surface area contributed by atoms with Gasteiger partial charge in [0.15, 0.2) is 0 Å². The molecule has 0 bridgehead atoms. The summed E-state index contributed by atoms with van der Waals surface area (Å²) in [5, 5.41) is 0. The van der Waals surface area contributed by atoms with E-state index in [4.69, 9.17) is 10.5 Å². The highest BCUT2D eigenvalue weighted by atomic mass is 16.5. The fourth-order valence-electron chi connectivity index (χ4n) is 2.09. The second-order valence-electron chi connectivity index (χ2n) is 5.10. The third kappa shape index (κ3) is 3.36. The molecule has 2 N–H and O–H groups in total. The van der Waals surface area contributed by atoms with Gasteiger partial charge in [-0.1, -0.05) is 42.5 Å². The molecule has 2 heteroatoms. The summed E-state index contributed by atoms with van der Waals surface area (Å²) in [6.45, 7) is 6.12. The monoisotopic (exact) mass is 255 g/mol. The molecule has 0 aliphatic carbocycles. The molecule has 0 amide bonds. The van der Waals surface area contributed by atoms with Crippen LogP contribution in [0.3, 0.4) is 0 Å². The predicted molar refractivity (Wildman–Crippen MR) is 79.4 cm³/mol. The highest BCUT2D eigenvalue weighted by Gasteiger charge is 2.15.